The molecule has 27 heavy (non-hydrogen) atoms. The van der Waals surface area contributed by atoms with Crippen LogP contribution < -0.4 is 14.5 Å². The van der Waals surface area contributed by atoms with Crippen LogP contribution >= 0.6 is 22.9 Å². The van der Waals surface area contributed by atoms with Gasteiger partial charge in [-0.05, 0) is 29.6 Å². The van der Waals surface area contributed by atoms with E-state index in [2.05, 4.69) is 17.5 Å². The predicted octanol–water partition coefficient (Wildman–Crippen LogP) is 0.352. The van der Waals surface area contributed by atoms with E-state index in [1.54, 1.807) is 12.0 Å². The summed E-state index contributed by atoms with van der Waals surface area (Å²) in [5, 5.41) is 2.82. The highest BCUT2D eigenvalue weighted by Crippen LogP contribution is 2.21. The summed E-state index contributed by atoms with van der Waals surface area (Å²) in [4.78, 5) is 18.8. The van der Waals surface area contributed by atoms with Crippen LogP contribution in [0.25, 0.3) is 0 Å². The van der Waals surface area contributed by atoms with E-state index in [0.29, 0.717) is 18.1 Å². The Hall–Kier alpha value is -1.60. The van der Waals surface area contributed by atoms with E-state index in [9.17, 15) is 4.79 Å². The maximum atomic E-state index is 12.7. The summed E-state index contributed by atoms with van der Waals surface area (Å²) in [5.74, 6) is 1.04. The fraction of sp³-hybridized carbons (Fsp3) is 0.450. The van der Waals surface area contributed by atoms with Gasteiger partial charge in [0.15, 0.2) is 6.54 Å². The number of likely N-dealkylation sites (N-methyl/N-ethyl adjacent to an activating group) is 1. The molecule has 1 saturated heterocycles. The van der Waals surface area contributed by atoms with Crippen molar-refractivity contribution in [1.82, 2.24) is 4.90 Å². The fourth-order valence-electron chi connectivity index (χ4n) is 3.55. The normalized spacial score (nSPS) is 16.3. The maximum absolute atomic E-state index is 12.7. The van der Waals surface area contributed by atoms with Crippen LogP contribution in [0.4, 0.5) is 0 Å². The number of carbonyl (C=O) groups excluding carboxylic acids is 1. The van der Waals surface area contributed by atoms with Crippen LogP contribution in [0.15, 0.2) is 35.7 Å². The second kappa shape index (κ2) is 9.55. The summed E-state index contributed by atoms with van der Waals surface area (Å²) in [5.41, 5.74) is 1.03. The van der Waals surface area contributed by atoms with Gasteiger partial charge in [-0.25, -0.2) is 0 Å². The standard InChI is InChI=1S/C20H26ClN3O2S/c1-22(13-16-12-17(21)5-6-19(16)26-2)15-20(25)24-9-7-23(8-10-24)14-18-4-3-11-27-18/h3-6,11-12H,7-10,13-15H2,1-2H3/p+2. The monoisotopic (exact) mass is 409 g/mol. The van der Waals surface area contributed by atoms with Crippen molar-refractivity contribution in [3.05, 3.63) is 51.2 Å². The molecule has 1 unspecified atom stereocenters. The Balaban J connectivity index is 1.47. The smallest absolute Gasteiger partial charge is 0.278 e. The number of benzene rings is 1. The number of carbonyl (C=O) groups is 1. The van der Waals surface area contributed by atoms with Gasteiger partial charge in [0.2, 0.25) is 0 Å². The number of nitrogens with zero attached hydrogens (tertiary/aromatic N) is 1. The Morgan fingerprint density at radius 1 is 1.33 bits per heavy atom. The lowest BCUT2D eigenvalue weighted by atomic mass is 10.2. The van der Waals surface area contributed by atoms with Crippen molar-refractivity contribution in [2.24, 2.45) is 0 Å². The molecule has 2 aromatic rings. The van der Waals surface area contributed by atoms with Crippen molar-refractivity contribution >= 4 is 28.8 Å². The number of halogens is 1. The number of piperazine rings is 1. The van der Waals surface area contributed by atoms with E-state index in [0.717, 1.165) is 48.9 Å². The number of nitrogens with one attached hydrogen (secondary N) is 2. The van der Waals surface area contributed by atoms with Gasteiger partial charge in [-0.3, -0.25) is 4.79 Å². The SMILES string of the molecule is COc1ccc(Cl)cc1C[NH+](C)CC(=O)N1CC[NH+](Cc2cccs2)CC1. The third-order valence-corrected chi connectivity index (χ3v) is 6.13. The van der Waals surface area contributed by atoms with Gasteiger partial charge in [-0.1, -0.05) is 17.7 Å². The molecule has 5 nitrogen and oxygen atoms in total. The molecule has 0 saturated carbocycles. The predicted molar refractivity (Wildman–Crippen MR) is 109 cm³/mol. The largest absolute Gasteiger partial charge is 0.496 e. The molecule has 146 valence electrons. The zero-order chi connectivity index (χ0) is 19.2. The van der Waals surface area contributed by atoms with E-state index in [4.69, 9.17) is 16.3 Å². The van der Waals surface area contributed by atoms with E-state index in [-0.39, 0.29) is 5.91 Å². The molecule has 0 spiro atoms. The molecular weight excluding hydrogens is 382 g/mol. The minimum Gasteiger partial charge on any atom is -0.496 e. The summed E-state index contributed by atoms with van der Waals surface area (Å²) in [7, 11) is 3.70. The Morgan fingerprint density at radius 2 is 2.11 bits per heavy atom. The Morgan fingerprint density at radius 3 is 2.78 bits per heavy atom. The van der Waals surface area contributed by atoms with Crippen molar-refractivity contribution in [2.75, 3.05) is 46.9 Å². The minimum atomic E-state index is 0.226. The molecule has 1 aromatic heterocycles. The van der Waals surface area contributed by atoms with Crippen LogP contribution in [0.5, 0.6) is 5.75 Å². The second-order valence-electron chi connectivity index (χ2n) is 7.15. The molecule has 1 aromatic carbocycles. The molecule has 1 aliphatic heterocycles. The number of thiophene rings is 1. The van der Waals surface area contributed by atoms with Gasteiger partial charge in [0, 0.05) is 10.6 Å². The van der Waals surface area contributed by atoms with Crippen molar-refractivity contribution in [2.45, 2.75) is 13.1 Å². The van der Waals surface area contributed by atoms with Gasteiger partial charge in [0.05, 0.1) is 45.2 Å². The number of ether oxygens (including phenoxy) is 1. The quantitative estimate of drug-likeness (QED) is 0.692. The summed E-state index contributed by atoms with van der Waals surface area (Å²) < 4.78 is 5.41. The van der Waals surface area contributed by atoms with Crippen LogP contribution in [-0.4, -0.2) is 57.7 Å². The topological polar surface area (TPSA) is 38.4 Å². The number of rotatable bonds is 7. The molecule has 0 bridgehead atoms. The van der Waals surface area contributed by atoms with E-state index < -0.39 is 0 Å². The molecule has 7 heteroatoms. The number of hydrogen-bond acceptors (Lipinski definition) is 3. The van der Waals surface area contributed by atoms with Crippen molar-refractivity contribution in [1.29, 1.82) is 0 Å². The zero-order valence-electron chi connectivity index (χ0n) is 16.0. The number of quaternary nitrogens is 2. The third kappa shape index (κ3) is 5.69. The summed E-state index contributed by atoms with van der Waals surface area (Å²) in [6.45, 7) is 5.98. The Bertz CT molecular complexity index is 746. The van der Waals surface area contributed by atoms with Gasteiger partial charge in [0.25, 0.3) is 5.91 Å². The second-order valence-corrected chi connectivity index (χ2v) is 8.62. The van der Waals surface area contributed by atoms with E-state index >= 15 is 0 Å². The lowest BCUT2D eigenvalue weighted by Crippen LogP contribution is -3.14. The zero-order valence-corrected chi connectivity index (χ0v) is 17.5. The lowest BCUT2D eigenvalue weighted by Gasteiger charge is -2.32. The van der Waals surface area contributed by atoms with Gasteiger partial charge in [-0.15, -0.1) is 11.3 Å². The van der Waals surface area contributed by atoms with Gasteiger partial charge in [0.1, 0.15) is 18.8 Å². The highest BCUT2D eigenvalue weighted by Gasteiger charge is 2.26. The van der Waals surface area contributed by atoms with Crippen LogP contribution in [0, 0.1) is 0 Å². The number of methoxy groups -OCH3 is 1. The first kappa shape index (κ1) is 20.1. The number of hydrogen-bond donors (Lipinski definition) is 2. The minimum absolute atomic E-state index is 0.226. The molecule has 1 aliphatic rings. The molecule has 1 amide bonds. The summed E-state index contributed by atoms with van der Waals surface area (Å²) >= 11 is 7.92. The first-order chi connectivity index (χ1) is 13.0. The van der Waals surface area contributed by atoms with Gasteiger partial charge >= 0.3 is 0 Å². The van der Waals surface area contributed by atoms with Crippen molar-refractivity contribution in [3.63, 3.8) is 0 Å². The molecule has 0 aliphatic carbocycles. The van der Waals surface area contributed by atoms with E-state index in [1.807, 2.05) is 41.5 Å². The molecule has 1 atom stereocenters. The molecule has 2 heterocycles. The van der Waals surface area contributed by atoms with Gasteiger partial charge in [-0.2, -0.15) is 0 Å². The van der Waals surface area contributed by atoms with Crippen molar-refractivity contribution in [3.8, 4) is 5.75 Å². The van der Waals surface area contributed by atoms with Crippen LogP contribution in [0.2, 0.25) is 5.02 Å². The highest BCUT2D eigenvalue weighted by atomic mass is 35.5. The summed E-state index contributed by atoms with van der Waals surface area (Å²) in [6, 6.07) is 9.91. The van der Waals surface area contributed by atoms with E-state index in [1.165, 1.54) is 4.88 Å². The van der Waals surface area contributed by atoms with Gasteiger partial charge < -0.3 is 19.4 Å². The Kier molecular flexibility index (Phi) is 7.13. The highest BCUT2D eigenvalue weighted by molar-refractivity contribution is 7.09. The molecule has 1 fully saturated rings. The molecule has 0 radical (unpaired) electrons. The fourth-order valence-corrected chi connectivity index (χ4v) is 4.52. The molecule has 3 rings (SSSR count). The first-order valence-corrected chi connectivity index (χ1v) is 10.6. The average Bonchev–Trinajstić information content (AvgIpc) is 3.15. The van der Waals surface area contributed by atoms with Crippen LogP contribution in [0.1, 0.15) is 10.4 Å². The lowest BCUT2D eigenvalue weighted by molar-refractivity contribution is -0.917. The third-order valence-electron chi connectivity index (χ3n) is 5.02. The summed E-state index contributed by atoms with van der Waals surface area (Å²) in [6.07, 6.45) is 0. The maximum Gasteiger partial charge on any atom is 0.278 e. The van der Waals surface area contributed by atoms with Crippen LogP contribution in [0.3, 0.4) is 0 Å². The molecular formula is C20H28ClN3O2S+2. The van der Waals surface area contributed by atoms with Crippen LogP contribution in [-0.2, 0) is 17.9 Å². The average molecular weight is 410 g/mol. The molecule has 2 N–H and O–H groups in total. The number of amides is 1. The van der Waals surface area contributed by atoms with Crippen molar-refractivity contribution < 1.29 is 19.3 Å². The first-order valence-electron chi connectivity index (χ1n) is 9.32. The Labute approximate surface area is 170 Å².